The molecule has 0 radical (unpaired) electrons. The third kappa shape index (κ3) is 6.41. The van der Waals surface area contributed by atoms with E-state index < -0.39 is 24.9 Å². The Balaban J connectivity index is 2.72. The van der Waals surface area contributed by atoms with Crippen molar-refractivity contribution in [3.8, 4) is 5.75 Å². The van der Waals surface area contributed by atoms with Crippen molar-refractivity contribution in [2.24, 2.45) is 5.73 Å². The zero-order valence-corrected chi connectivity index (χ0v) is 12.0. The van der Waals surface area contributed by atoms with E-state index in [1.54, 1.807) is 12.1 Å². The van der Waals surface area contributed by atoms with Gasteiger partial charge in [-0.3, -0.25) is 4.72 Å². The Morgan fingerprint density at radius 3 is 2.21 bits per heavy atom. The lowest BCUT2D eigenvalue weighted by atomic mass is 10.3. The number of sulfone groups is 1. The van der Waals surface area contributed by atoms with E-state index in [2.05, 4.69) is 4.72 Å². The Morgan fingerprint density at radius 2 is 1.74 bits per heavy atom. The molecule has 1 aromatic carbocycles. The van der Waals surface area contributed by atoms with Crippen LogP contribution >= 0.6 is 0 Å². The number of rotatable bonds is 7. The van der Waals surface area contributed by atoms with Crippen molar-refractivity contribution in [3.05, 3.63) is 24.3 Å². The monoisotopic (exact) mass is 308 g/mol. The van der Waals surface area contributed by atoms with Crippen molar-refractivity contribution >= 4 is 25.5 Å². The lowest BCUT2D eigenvalue weighted by Gasteiger charge is -2.08. The van der Waals surface area contributed by atoms with Gasteiger partial charge in [0.15, 0.2) is 14.9 Å². The van der Waals surface area contributed by atoms with Gasteiger partial charge in [0.2, 0.25) is 10.0 Å². The molecule has 0 aliphatic rings. The van der Waals surface area contributed by atoms with Crippen molar-refractivity contribution in [1.29, 1.82) is 0 Å². The topological polar surface area (TPSA) is 116 Å². The third-order valence-electron chi connectivity index (χ3n) is 1.88. The normalized spacial score (nSPS) is 12.1. The van der Waals surface area contributed by atoms with E-state index in [4.69, 9.17) is 10.5 Å². The molecule has 108 valence electrons. The Bertz CT molecular complexity index is 608. The Morgan fingerprint density at radius 1 is 1.16 bits per heavy atom. The van der Waals surface area contributed by atoms with Gasteiger partial charge in [0, 0.05) is 18.5 Å². The van der Waals surface area contributed by atoms with E-state index in [0.717, 1.165) is 6.26 Å². The summed E-state index contributed by atoms with van der Waals surface area (Å²) in [5.74, 6) is 0.552. The number of benzene rings is 1. The molecule has 0 aromatic heterocycles. The number of nitrogens with two attached hydrogens (primary N) is 1. The summed E-state index contributed by atoms with van der Waals surface area (Å²) in [6.45, 7) is 0.738. The van der Waals surface area contributed by atoms with Gasteiger partial charge in [-0.1, -0.05) is 0 Å². The highest BCUT2D eigenvalue weighted by Gasteiger charge is 2.17. The summed E-state index contributed by atoms with van der Waals surface area (Å²) in [6, 6.07) is 6.08. The second-order valence-electron chi connectivity index (χ2n) is 3.92. The zero-order valence-electron chi connectivity index (χ0n) is 10.4. The van der Waals surface area contributed by atoms with Crippen LogP contribution in [0.5, 0.6) is 5.75 Å². The Hall–Kier alpha value is -1.32. The van der Waals surface area contributed by atoms with Crippen LogP contribution in [0.1, 0.15) is 0 Å². The summed E-state index contributed by atoms with van der Waals surface area (Å²) < 4.78 is 52.4. The first-order valence-electron chi connectivity index (χ1n) is 5.33. The van der Waals surface area contributed by atoms with E-state index >= 15 is 0 Å². The number of hydrogen-bond acceptors (Lipinski definition) is 6. The van der Waals surface area contributed by atoms with Crippen LogP contribution < -0.4 is 15.2 Å². The first-order chi connectivity index (χ1) is 8.72. The van der Waals surface area contributed by atoms with Crippen LogP contribution in [0.4, 0.5) is 5.69 Å². The number of ether oxygens (including phenoxy) is 1. The summed E-state index contributed by atoms with van der Waals surface area (Å²) in [4.78, 5) is 0. The number of nitrogens with one attached hydrogen (secondary N) is 1. The number of sulfonamides is 1. The quantitative estimate of drug-likeness (QED) is 0.718. The molecule has 0 fully saturated rings. The third-order valence-corrected chi connectivity index (χ3v) is 5.38. The Labute approximate surface area is 112 Å². The van der Waals surface area contributed by atoms with Gasteiger partial charge in [-0.15, -0.1) is 0 Å². The van der Waals surface area contributed by atoms with E-state index in [1.165, 1.54) is 12.1 Å². The minimum absolute atomic E-state index is 0.267. The van der Waals surface area contributed by atoms with Crippen LogP contribution in [-0.2, 0) is 19.9 Å². The molecule has 0 amide bonds. The van der Waals surface area contributed by atoms with Crippen LogP contribution in [0, 0.1) is 0 Å². The van der Waals surface area contributed by atoms with Crippen LogP contribution in [0.3, 0.4) is 0 Å². The lowest BCUT2D eigenvalue weighted by Crippen LogP contribution is -2.22. The van der Waals surface area contributed by atoms with Gasteiger partial charge in [-0.05, 0) is 24.3 Å². The largest absolute Gasteiger partial charge is 0.492 e. The maximum absolute atomic E-state index is 11.5. The molecule has 9 heteroatoms. The number of anilines is 1. The first kappa shape index (κ1) is 15.7. The first-order valence-corrected chi connectivity index (χ1v) is 9.04. The molecule has 1 rings (SSSR count). The van der Waals surface area contributed by atoms with Crippen LogP contribution in [0.25, 0.3) is 0 Å². The average molecular weight is 308 g/mol. The van der Waals surface area contributed by atoms with Crippen molar-refractivity contribution in [2.45, 2.75) is 0 Å². The molecule has 0 aliphatic carbocycles. The van der Waals surface area contributed by atoms with Gasteiger partial charge >= 0.3 is 0 Å². The highest BCUT2D eigenvalue weighted by Crippen LogP contribution is 2.16. The fourth-order valence-electron chi connectivity index (χ4n) is 1.29. The van der Waals surface area contributed by atoms with E-state index in [9.17, 15) is 16.8 Å². The second-order valence-corrected chi connectivity index (χ2v) is 8.15. The van der Waals surface area contributed by atoms with Crippen molar-refractivity contribution in [3.63, 3.8) is 0 Å². The fourth-order valence-corrected chi connectivity index (χ4v) is 4.27. The lowest BCUT2D eigenvalue weighted by molar-refractivity contribution is 0.328. The molecule has 3 N–H and O–H groups in total. The number of hydrogen-bond donors (Lipinski definition) is 2. The molecule has 1 aromatic rings. The summed E-state index contributed by atoms with van der Waals surface area (Å²) in [5, 5.41) is -0.953. The SMILES string of the molecule is CS(=O)(=O)CS(=O)(=O)Nc1ccc(OCCN)cc1. The summed E-state index contributed by atoms with van der Waals surface area (Å²) in [7, 11) is -7.53. The smallest absolute Gasteiger partial charge is 0.247 e. The standard InChI is InChI=1S/C10H16N2O5S2/c1-18(13,14)8-19(15,16)12-9-2-4-10(5-3-9)17-7-6-11/h2-5,12H,6-8,11H2,1H3. The predicted molar refractivity (Wildman–Crippen MR) is 73.2 cm³/mol. The molecular weight excluding hydrogens is 292 g/mol. The molecule has 0 saturated carbocycles. The molecule has 7 nitrogen and oxygen atoms in total. The van der Waals surface area contributed by atoms with Gasteiger partial charge in [0.05, 0.1) is 0 Å². The van der Waals surface area contributed by atoms with E-state index in [1.807, 2.05) is 0 Å². The molecule has 0 atom stereocenters. The van der Waals surface area contributed by atoms with Crippen LogP contribution in [0.15, 0.2) is 24.3 Å². The predicted octanol–water partition coefficient (Wildman–Crippen LogP) is -0.232. The van der Waals surface area contributed by atoms with Gasteiger partial charge in [0.1, 0.15) is 12.4 Å². The molecule has 0 aliphatic heterocycles. The molecule has 0 spiro atoms. The molecular formula is C10H16N2O5S2. The molecule has 19 heavy (non-hydrogen) atoms. The van der Waals surface area contributed by atoms with E-state index in [-0.39, 0.29) is 5.69 Å². The maximum atomic E-state index is 11.5. The Kier molecular flexibility index (Phi) is 5.15. The second kappa shape index (κ2) is 6.22. The molecule has 0 bridgehead atoms. The van der Waals surface area contributed by atoms with Gasteiger partial charge in [-0.2, -0.15) is 0 Å². The summed E-state index contributed by atoms with van der Waals surface area (Å²) >= 11 is 0. The van der Waals surface area contributed by atoms with Gasteiger partial charge < -0.3 is 10.5 Å². The van der Waals surface area contributed by atoms with Crippen molar-refractivity contribution < 1.29 is 21.6 Å². The molecule has 0 unspecified atom stereocenters. The van der Waals surface area contributed by atoms with E-state index in [0.29, 0.717) is 18.9 Å². The van der Waals surface area contributed by atoms with Crippen LogP contribution in [0.2, 0.25) is 0 Å². The molecule has 0 heterocycles. The highest BCUT2D eigenvalue weighted by molar-refractivity contribution is 8.08. The maximum Gasteiger partial charge on any atom is 0.247 e. The highest BCUT2D eigenvalue weighted by atomic mass is 32.3. The summed E-state index contributed by atoms with van der Waals surface area (Å²) in [5.41, 5.74) is 5.54. The average Bonchev–Trinajstić information content (AvgIpc) is 2.24. The van der Waals surface area contributed by atoms with Crippen molar-refractivity contribution in [2.75, 3.05) is 29.2 Å². The minimum Gasteiger partial charge on any atom is -0.492 e. The van der Waals surface area contributed by atoms with Gasteiger partial charge in [0.25, 0.3) is 0 Å². The van der Waals surface area contributed by atoms with Gasteiger partial charge in [-0.25, -0.2) is 16.8 Å². The summed E-state index contributed by atoms with van der Waals surface area (Å²) in [6.07, 6.45) is 0.857. The fraction of sp³-hybridized carbons (Fsp3) is 0.400. The van der Waals surface area contributed by atoms with Crippen molar-refractivity contribution in [1.82, 2.24) is 0 Å². The molecule has 0 saturated heterocycles. The zero-order chi connectivity index (χ0) is 14.5. The van der Waals surface area contributed by atoms with Crippen LogP contribution in [-0.4, -0.2) is 41.3 Å². The minimum atomic E-state index is -3.92.